The van der Waals surface area contributed by atoms with Gasteiger partial charge in [-0.2, -0.15) is 0 Å². The Morgan fingerprint density at radius 2 is 1.83 bits per heavy atom. The molecule has 4 nitrogen and oxygen atoms in total. The topological polar surface area (TPSA) is 72.5 Å². The van der Waals surface area contributed by atoms with E-state index in [4.69, 9.17) is 15.6 Å². The lowest BCUT2D eigenvalue weighted by Crippen LogP contribution is -2.51. The molecule has 0 rings (SSSR count). The lowest BCUT2D eigenvalue weighted by molar-refractivity contribution is -0.162. The Hall–Kier alpha value is -0.610. The highest BCUT2D eigenvalue weighted by molar-refractivity contribution is 5.80. The molecule has 0 aromatic heterocycles. The Kier molecular flexibility index (Phi) is 3.24. The molecule has 0 radical (unpaired) electrons. The van der Waals surface area contributed by atoms with Crippen molar-refractivity contribution in [1.29, 1.82) is 0 Å². The molecule has 3 N–H and O–H groups in total. The summed E-state index contributed by atoms with van der Waals surface area (Å²) in [5, 5.41) is 8.74. The first-order valence-corrected chi connectivity index (χ1v) is 3.82. The van der Waals surface area contributed by atoms with Crippen LogP contribution in [0.2, 0.25) is 0 Å². The van der Waals surface area contributed by atoms with Crippen molar-refractivity contribution in [3.8, 4) is 0 Å². The van der Waals surface area contributed by atoms with Gasteiger partial charge in [0.15, 0.2) is 0 Å². The third-order valence-corrected chi connectivity index (χ3v) is 1.19. The highest BCUT2D eigenvalue weighted by Gasteiger charge is 2.32. The molecule has 0 saturated heterocycles. The summed E-state index contributed by atoms with van der Waals surface area (Å²) >= 11 is 0. The number of rotatable bonds is 2. The van der Waals surface area contributed by atoms with Gasteiger partial charge in [0.25, 0.3) is 0 Å². The van der Waals surface area contributed by atoms with Crippen molar-refractivity contribution < 1.29 is 14.6 Å². The maximum Gasteiger partial charge on any atom is 0.328 e. The molecule has 1 atom stereocenters. The Balaban J connectivity index is 4.23. The van der Waals surface area contributed by atoms with E-state index in [1.165, 1.54) is 6.92 Å². The lowest BCUT2D eigenvalue weighted by atomic mass is 10.1. The fourth-order valence-corrected chi connectivity index (χ4v) is 0.459. The number of aliphatic hydroxyl groups is 1. The molecule has 0 heterocycles. The lowest BCUT2D eigenvalue weighted by Gasteiger charge is -2.26. The largest absolute Gasteiger partial charge is 0.459 e. The molecular weight excluding hydrogens is 158 g/mol. The zero-order chi connectivity index (χ0) is 9.99. The Morgan fingerprint density at radius 3 is 2.08 bits per heavy atom. The maximum absolute atomic E-state index is 11.2. The zero-order valence-corrected chi connectivity index (χ0v) is 8.05. The van der Waals surface area contributed by atoms with Gasteiger partial charge in [-0.05, 0) is 27.7 Å². The average molecular weight is 175 g/mol. The van der Waals surface area contributed by atoms with Gasteiger partial charge in [-0.25, -0.2) is 4.79 Å². The van der Waals surface area contributed by atoms with Crippen LogP contribution in [0.15, 0.2) is 0 Å². The first-order valence-electron chi connectivity index (χ1n) is 3.82. The van der Waals surface area contributed by atoms with Crippen molar-refractivity contribution in [2.45, 2.75) is 38.8 Å². The summed E-state index contributed by atoms with van der Waals surface area (Å²) in [5.74, 6) is -0.586. The molecule has 0 saturated carbocycles. The number of esters is 1. The highest BCUT2D eigenvalue weighted by Crippen LogP contribution is 2.11. The maximum atomic E-state index is 11.2. The monoisotopic (exact) mass is 175 g/mol. The number of ether oxygens (including phenoxy) is 1. The minimum Gasteiger partial charge on any atom is -0.459 e. The molecule has 0 aliphatic carbocycles. The van der Waals surface area contributed by atoms with E-state index < -0.39 is 23.7 Å². The van der Waals surface area contributed by atoms with Gasteiger partial charge in [0.1, 0.15) is 11.1 Å². The molecule has 4 heteroatoms. The van der Waals surface area contributed by atoms with Crippen molar-refractivity contribution in [2.24, 2.45) is 5.73 Å². The van der Waals surface area contributed by atoms with Gasteiger partial charge >= 0.3 is 5.97 Å². The van der Waals surface area contributed by atoms with E-state index >= 15 is 0 Å². The summed E-state index contributed by atoms with van der Waals surface area (Å²) in [5.41, 5.74) is 3.58. The molecule has 1 unspecified atom stereocenters. The van der Waals surface area contributed by atoms with Crippen molar-refractivity contribution in [2.75, 3.05) is 6.61 Å². The van der Waals surface area contributed by atoms with Crippen molar-refractivity contribution in [3.63, 3.8) is 0 Å². The van der Waals surface area contributed by atoms with E-state index in [9.17, 15) is 4.79 Å². The third kappa shape index (κ3) is 3.69. The van der Waals surface area contributed by atoms with E-state index in [-0.39, 0.29) is 0 Å². The number of aliphatic hydroxyl groups excluding tert-OH is 1. The van der Waals surface area contributed by atoms with E-state index in [0.717, 1.165) is 0 Å². The highest BCUT2D eigenvalue weighted by atomic mass is 16.6. The minimum atomic E-state index is -1.30. The fraction of sp³-hybridized carbons (Fsp3) is 0.875. The van der Waals surface area contributed by atoms with Crippen LogP contribution in [0, 0.1) is 0 Å². The predicted molar refractivity (Wildman–Crippen MR) is 45.5 cm³/mol. The first-order chi connectivity index (χ1) is 5.19. The molecule has 12 heavy (non-hydrogen) atoms. The van der Waals surface area contributed by atoms with Crippen LogP contribution in [0.5, 0.6) is 0 Å². The molecule has 0 aliphatic heterocycles. The van der Waals surface area contributed by atoms with Crippen molar-refractivity contribution in [1.82, 2.24) is 0 Å². The second-order valence-electron chi connectivity index (χ2n) is 4.08. The summed E-state index contributed by atoms with van der Waals surface area (Å²) < 4.78 is 4.97. The molecule has 0 aromatic rings. The fourth-order valence-electron chi connectivity index (χ4n) is 0.459. The average Bonchev–Trinajstić information content (AvgIpc) is 1.84. The van der Waals surface area contributed by atoms with Crippen molar-refractivity contribution >= 4 is 5.97 Å². The van der Waals surface area contributed by atoms with Crippen molar-refractivity contribution in [3.05, 3.63) is 0 Å². The molecule has 0 fully saturated rings. The zero-order valence-electron chi connectivity index (χ0n) is 8.05. The van der Waals surface area contributed by atoms with E-state index in [1.54, 1.807) is 20.8 Å². The van der Waals surface area contributed by atoms with Crippen LogP contribution in [0.1, 0.15) is 27.7 Å². The summed E-state index contributed by atoms with van der Waals surface area (Å²) in [4.78, 5) is 11.2. The molecule has 0 bridgehead atoms. The molecule has 0 amide bonds. The van der Waals surface area contributed by atoms with Crippen LogP contribution < -0.4 is 5.73 Å². The smallest absolute Gasteiger partial charge is 0.328 e. The number of nitrogens with two attached hydrogens (primary N) is 1. The number of hydrogen-bond acceptors (Lipinski definition) is 4. The number of hydrogen-bond donors (Lipinski definition) is 2. The van der Waals surface area contributed by atoms with Crippen LogP contribution in [0.25, 0.3) is 0 Å². The molecule has 0 aromatic carbocycles. The number of carbonyl (C=O) groups excluding carboxylic acids is 1. The SMILES string of the molecule is CC(C)(C)OC(=O)C(C)(N)CO. The Bertz CT molecular complexity index is 170. The second-order valence-corrected chi connectivity index (χ2v) is 4.08. The first kappa shape index (κ1) is 11.4. The second kappa shape index (κ2) is 3.41. The normalized spacial score (nSPS) is 16.8. The molecule has 72 valence electrons. The third-order valence-electron chi connectivity index (χ3n) is 1.19. The Morgan fingerprint density at radius 1 is 1.42 bits per heavy atom. The van der Waals surface area contributed by atoms with Crippen LogP contribution in [0.4, 0.5) is 0 Å². The molecule has 0 spiro atoms. The summed E-state index contributed by atoms with van der Waals surface area (Å²) in [7, 11) is 0. The van der Waals surface area contributed by atoms with Gasteiger partial charge in [0.2, 0.25) is 0 Å². The standard InChI is InChI=1S/C8H17NO3/c1-7(2,3)12-6(11)8(4,9)5-10/h10H,5,9H2,1-4H3. The van der Waals surface area contributed by atoms with E-state index in [0.29, 0.717) is 0 Å². The predicted octanol–water partition coefficient (Wildman–Crippen LogP) is 0.0378. The quantitative estimate of drug-likeness (QED) is 0.581. The molecular formula is C8H17NO3. The van der Waals surface area contributed by atoms with Gasteiger partial charge in [-0.3, -0.25) is 0 Å². The summed E-state index contributed by atoms with van der Waals surface area (Å²) in [6.45, 7) is 6.26. The van der Waals surface area contributed by atoms with E-state index in [2.05, 4.69) is 0 Å². The Labute approximate surface area is 72.7 Å². The van der Waals surface area contributed by atoms with Crippen LogP contribution >= 0.6 is 0 Å². The minimum absolute atomic E-state index is 0.415. The summed E-state index contributed by atoms with van der Waals surface area (Å²) in [6.07, 6.45) is 0. The van der Waals surface area contributed by atoms with Crippen LogP contribution in [0.3, 0.4) is 0 Å². The van der Waals surface area contributed by atoms with Crippen LogP contribution in [-0.2, 0) is 9.53 Å². The van der Waals surface area contributed by atoms with Gasteiger partial charge < -0.3 is 15.6 Å². The van der Waals surface area contributed by atoms with E-state index in [1.807, 2.05) is 0 Å². The van der Waals surface area contributed by atoms with Gasteiger partial charge in [-0.1, -0.05) is 0 Å². The number of carbonyl (C=O) groups is 1. The van der Waals surface area contributed by atoms with Gasteiger partial charge in [-0.15, -0.1) is 0 Å². The molecule has 0 aliphatic rings. The summed E-state index contributed by atoms with van der Waals surface area (Å²) in [6, 6.07) is 0. The van der Waals surface area contributed by atoms with Gasteiger partial charge in [0, 0.05) is 0 Å². The van der Waals surface area contributed by atoms with Crippen LogP contribution in [-0.4, -0.2) is 28.8 Å². The van der Waals surface area contributed by atoms with Gasteiger partial charge in [0.05, 0.1) is 6.61 Å².